The largest absolute Gasteiger partial charge is 0.478 e. The molecule has 11 heteroatoms. The molecule has 1 atom stereocenters. The monoisotopic (exact) mass is 545 g/mol. The van der Waals surface area contributed by atoms with Crippen LogP contribution in [0.25, 0.3) is 11.1 Å². The fourth-order valence-corrected chi connectivity index (χ4v) is 4.33. The van der Waals surface area contributed by atoms with Crippen LogP contribution in [0.15, 0.2) is 72.8 Å². The summed E-state index contributed by atoms with van der Waals surface area (Å²) in [6.45, 7) is 2.38. The Morgan fingerprint density at radius 2 is 1.70 bits per heavy atom. The van der Waals surface area contributed by atoms with Crippen LogP contribution in [-0.2, 0) is 24.2 Å². The van der Waals surface area contributed by atoms with Crippen molar-refractivity contribution in [3.05, 3.63) is 107 Å². The molecule has 0 radical (unpaired) electrons. The summed E-state index contributed by atoms with van der Waals surface area (Å²) in [6, 6.07) is 18.6. The van der Waals surface area contributed by atoms with Gasteiger partial charge in [0, 0.05) is 24.9 Å². The topological polar surface area (TPSA) is 146 Å². The van der Waals surface area contributed by atoms with Crippen molar-refractivity contribution >= 4 is 17.8 Å². The van der Waals surface area contributed by atoms with E-state index in [1.807, 2.05) is 13.0 Å². The second-order valence-corrected chi connectivity index (χ2v) is 9.11. The predicted molar refractivity (Wildman–Crippen MR) is 143 cm³/mol. The normalized spacial score (nSPS) is 11.6. The average molecular weight is 546 g/mol. The maximum absolute atomic E-state index is 15.1. The SMILES string of the molecule is CCCn1nc(C(=O)NC(Cc2ccccc2)C(=O)NO)nc1Cc1ccc(-c2ccccc2C(=O)O)c(F)c1. The van der Waals surface area contributed by atoms with Crippen molar-refractivity contribution in [3.8, 4) is 11.1 Å². The predicted octanol–water partition coefficient (Wildman–Crippen LogP) is 3.63. The van der Waals surface area contributed by atoms with Crippen LogP contribution < -0.4 is 10.8 Å². The number of rotatable bonds is 11. The van der Waals surface area contributed by atoms with Crippen LogP contribution in [0.5, 0.6) is 0 Å². The number of nitrogens with zero attached hydrogens (tertiary/aromatic N) is 3. The van der Waals surface area contributed by atoms with Gasteiger partial charge in [-0.25, -0.2) is 24.3 Å². The molecule has 3 aromatic carbocycles. The number of hydrogen-bond acceptors (Lipinski definition) is 6. The molecule has 2 amide bonds. The Balaban J connectivity index is 1.56. The highest BCUT2D eigenvalue weighted by Crippen LogP contribution is 2.28. The summed E-state index contributed by atoms with van der Waals surface area (Å²) < 4.78 is 16.7. The molecule has 0 saturated carbocycles. The molecular weight excluding hydrogens is 517 g/mol. The molecule has 0 fully saturated rings. The van der Waals surface area contributed by atoms with Gasteiger partial charge in [0.2, 0.25) is 5.82 Å². The van der Waals surface area contributed by atoms with Gasteiger partial charge < -0.3 is 10.4 Å². The quantitative estimate of drug-likeness (QED) is 0.166. The van der Waals surface area contributed by atoms with Crippen LogP contribution in [0.2, 0.25) is 0 Å². The van der Waals surface area contributed by atoms with Crippen LogP contribution >= 0.6 is 0 Å². The number of aromatic carboxylic acids is 1. The number of halogens is 1. The van der Waals surface area contributed by atoms with Crippen LogP contribution in [0.3, 0.4) is 0 Å². The molecule has 4 rings (SSSR count). The summed E-state index contributed by atoms with van der Waals surface area (Å²) in [7, 11) is 0. The van der Waals surface area contributed by atoms with Gasteiger partial charge in [-0.2, -0.15) is 0 Å². The van der Waals surface area contributed by atoms with Gasteiger partial charge in [-0.15, -0.1) is 5.10 Å². The number of amides is 2. The maximum atomic E-state index is 15.1. The smallest absolute Gasteiger partial charge is 0.336 e. The summed E-state index contributed by atoms with van der Waals surface area (Å²) in [6.07, 6.45) is 0.987. The average Bonchev–Trinajstić information content (AvgIpc) is 3.35. The molecule has 0 saturated heterocycles. The maximum Gasteiger partial charge on any atom is 0.336 e. The first-order valence-corrected chi connectivity index (χ1v) is 12.6. The second-order valence-electron chi connectivity index (χ2n) is 9.11. The van der Waals surface area contributed by atoms with E-state index in [-0.39, 0.29) is 35.4 Å². The third kappa shape index (κ3) is 6.56. The minimum absolute atomic E-state index is 0.00654. The summed E-state index contributed by atoms with van der Waals surface area (Å²) >= 11 is 0. The lowest BCUT2D eigenvalue weighted by atomic mass is 9.97. The fraction of sp³-hybridized carbons (Fsp3) is 0.207. The van der Waals surface area contributed by atoms with Gasteiger partial charge in [-0.05, 0) is 35.2 Å². The lowest BCUT2D eigenvalue weighted by Crippen LogP contribution is -2.47. The number of carboxylic acid groups (broad SMARTS) is 1. The summed E-state index contributed by atoms with van der Waals surface area (Å²) in [5, 5.41) is 25.5. The minimum atomic E-state index is -1.15. The highest BCUT2D eigenvalue weighted by Gasteiger charge is 2.25. The van der Waals surface area contributed by atoms with Crippen molar-refractivity contribution in [2.24, 2.45) is 0 Å². The van der Waals surface area contributed by atoms with Crippen molar-refractivity contribution in [1.82, 2.24) is 25.6 Å². The van der Waals surface area contributed by atoms with Gasteiger partial charge in [-0.3, -0.25) is 14.8 Å². The van der Waals surface area contributed by atoms with Gasteiger partial charge in [0.1, 0.15) is 17.7 Å². The van der Waals surface area contributed by atoms with E-state index in [9.17, 15) is 19.5 Å². The Kier molecular flexibility index (Phi) is 8.97. The van der Waals surface area contributed by atoms with Crippen LogP contribution in [0.4, 0.5) is 4.39 Å². The molecule has 1 aromatic heterocycles. The molecule has 4 aromatic rings. The van der Waals surface area contributed by atoms with E-state index in [0.717, 1.165) is 5.56 Å². The van der Waals surface area contributed by atoms with Crippen molar-refractivity contribution < 1.29 is 29.1 Å². The zero-order chi connectivity index (χ0) is 28.6. The van der Waals surface area contributed by atoms with E-state index in [2.05, 4.69) is 15.4 Å². The first-order valence-electron chi connectivity index (χ1n) is 12.6. The van der Waals surface area contributed by atoms with Gasteiger partial charge in [0.25, 0.3) is 11.8 Å². The number of nitrogens with one attached hydrogen (secondary N) is 2. The highest BCUT2D eigenvalue weighted by molar-refractivity contribution is 5.96. The molecule has 0 aliphatic rings. The lowest BCUT2D eigenvalue weighted by Gasteiger charge is -2.15. The summed E-state index contributed by atoms with van der Waals surface area (Å²) in [4.78, 5) is 41.2. The molecule has 0 aliphatic heterocycles. The Morgan fingerprint density at radius 1 is 0.975 bits per heavy atom. The first kappa shape index (κ1) is 28.1. The molecule has 0 spiro atoms. The molecule has 0 bridgehead atoms. The molecule has 206 valence electrons. The third-order valence-electron chi connectivity index (χ3n) is 6.24. The van der Waals surface area contributed by atoms with E-state index in [1.165, 1.54) is 18.2 Å². The van der Waals surface area contributed by atoms with Crippen molar-refractivity contribution in [3.63, 3.8) is 0 Å². The Hall–Kier alpha value is -4.90. The number of carboxylic acids is 1. The zero-order valence-corrected chi connectivity index (χ0v) is 21.7. The van der Waals surface area contributed by atoms with Gasteiger partial charge in [0.15, 0.2) is 0 Å². The Bertz CT molecular complexity index is 1520. The van der Waals surface area contributed by atoms with E-state index in [0.29, 0.717) is 24.4 Å². The fourth-order valence-electron chi connectivity index (χ4n) is 4.33. The zero-order valence-electron chi connectivity index (χ0n) is 21.7. The standard InChI is InChI=1S/C29H28FN5O5/c1-2-14-35-25(17-19-12-13-21(23(30)15-19)20-10-6-7-11-22(20)29(38)39)32-26(33-35)28(37)31-24(27(36)34-40)16-18-8-4-3-5-9-18/h3-13,15,24,40H,2,14,16-17H2,1H3,(H,31,37)(H,34,36)(H,38,39). The molecule has 1 unspecified atom stereocenters. The second kappa shape index (κ2) is 12.8. The molecule has 40 heavy (non-hydrogen) atoms. The van der Waals surface area contributed by atoms with Gasteiger partial charge in [0.05, 0.1) is 5.56 Å². The third-order valence-corrected chi connectivity index (χ3v) is 6.24. The minimum Gasteiger partial charge on any atom is -0.478 e. The van der Waals surface area contributed by atoms with Crippen LogP contribution in [0, 0.1) is 5.82 Å². The van der Waals surface area contributed by atoms with Crippen LogP contribution in [-0.4, -0.2) is 48.9 Å². The first-order chi connectivity index (χ1) is 19.3. The Morgan fingerprint density at radius 3 is 2.38 bits per heavy atom. The van der Waals surface area contributed by atoms with Crippen molar-refractivity contribution in [2.75, 3.05) is 0 Å². The van der Waals surface area contributed by atoms with E-state index >= 15 is 4.39 Å². The number of benzene rings is 3. The van der Waals surface area contributed by atoms with Crippen molar-refractivity contribution in [1.29, 1.82) is 0 Å². The molecule has 10 nitrogen and oxygen atoms in total. The Labute approximate surface area is 229 Å². The van der Waals surface area contributed by atoms with Crippen LogP contribution in [0.1, 0.15) is 51.3 Å². The summed E-state index contributed by atoms with van der Waals surface area (Å²) in [5.74, 6) is -2.99. The molecule has 1 heterocycles. The van der Waals surface area contributed by atoms with E-state index in [1.54, 1.807) is 58.7 Å². The van der Waals surface area contributed by atoms with Crippen molar-refractivity contribution in [2.45, 2.75) is 38.8 Å². The number of carbonyl (C=O) groups is 3. The molecular formula is C29H28FN5O5. The summed E-state index contributed by atoms with van der Waals surface area (Å²) in [5.41, 5.74) is 3.32. The number of aromatic nitrogens is 3. The molecule has 0 aliphatic carbocycles. The lowest BCUT2D eigenvalue weighted by molar-refractivity contribution is -0.131. The number of carbonyl (C=O) groups excluding carboxylic acids is 2. The van der Waals surface area contributed by atoms with E-state index in [4.69, 9.17) is 5.21 Å². The number of aryl methyl sites for hydroxylation is 1. The van der Waals surface area contributed by atoms with Gasteiger partial charge >= 0.3 is 5.97 Å². The van der Waals surface area contributed by atoms with Gasteiger partial charge in [-0.1, -0.05) is 67.6 Å². The highest BCUT2D eigenvalue weighted by atomic mass is 19.1. The molecule has 4 N–H and O–H groups in total. The number of hydrogen-bond donors (Lipinski definition) is 4. The number of hydroxylamine groups is 1. The van der Waals surface area contributed by atoms with E-state index < -0.39 is 29.6 Å².